The van der Waals surface area contributed by atoms with Crippen molar-refractivity contribution in [2.24, 2.45) is 5.92 Å². The molecule has 1 aromatic rings. The third-order valence-corrected chi connectivity index (χ3v) is 4.70. The van der Waals surface area contributed by atoms with Crippen molar-refractivity contribution in [1.82, 2.24) is 4.90 Å². The van der Waals surface area contributed by atoms with E-state index in [2.05, 4.69) is 4.90 Å². The number of likely N-dealkylation sites (tertiary alicyclic amines) is 1. The van der Waals surface area contributed by atoms with E-state index in [1.165, 1.54) is 11.3 Å². The summed E-state index contributed by atoms with van der Waals surface area (Å²) in [6.07, 6.45) is 0.764. The highest BCUT2D eigenvalue weighted by molar-refractivity contribution is 7.14. The summed E-state index contributed by atoms with van der Waals surface area (Å²) in [5, 5.41) is 18.5. The van der Waals surface area contributed by atoms with Gasteiger partial charge in [-0.25, -0.2) is 4.79 Å². The molecule has 1 aromatic heterocycles. The molecule has 0 saturated carbocycles. The summed E-state index contributed by atoms with van der Waals surface area (Å²) in [6, 6.07) is 1.78. The molecule has 0 bridgehead atoms. The van der Waals surface area contributed by atoms with Crippen LogP contribution in [0.4, 0.5) is 0 Å². The summed E-state index contributed by atoms with van der Waals surface area (Å²) in [6.45, 7) is 6.47. The minimum Gasteiger partial charge on any atom is -0.477 e. The maximum atomic E-state index is 10.9. The Bertz CT molecular complexity index is 441. The van der Waals surface area contributed by atoms with Gasteiger partial charge in [0, 0.05) is 18.0 Å². The predicted molar refractivity (Wildman–Crippen MR) is 71.1 cm³/mol. The van der Waals surface area contributed by atoms with Gasteiger partial charge in [-0.2, -0.15) is 0 Å². The van der Waals surface area contributed by atoms with Crippen LogP contribution in [0.25, 0.3) is 0 Å². The SMILES string of the molecule is Cc1sc(C(=O)O)cc1CN1CCC(C(C)O)C1. The number of hydrogen-bond donors (Lipinski definition) is 2. The average Bonchev–Trinajstić information content (AvgIpc) is 2.87. The Morgan fingerprint density at radius 1 is 1.67 bits per heavy atom. The van der Waals surface area contributed by atoms with Crippen LogP contribution in [0.15, 0.2) is 6.07 Å². The van der Waals surface area contributed by atoms with Crippen LogP contribution < -0.4 is 0 Å². The van der Waals surface area contributed by atoms with E-state index in [9.17, 15) is 9.90 Å². The Balaban J connectivity index is 2.00. The molecule has 5 heteroatoms. The van der Waals surface area contributed by atoms with E-state index in [4.69, 9.17) is 5.11 Å². The van der Waals surface area contributed by atoms with Crippen molar-refractivity contribution in [3.63, 3.8) is 0 Å². The van der Waals surface area contributed by atoms with E-state index in [1.54, 1.807) is 6.07 Å². The summed E-state index contributed by atoms with van der Waals surface area (Å²) in [5.41, 5.74) is 1.10. The number of carboxylic acids is 1. The number of aryl methyl sites for hydroxylation is 1. The van der Waals surface area contributed by atoms with Crippen LogP contribution in [0.5, 0.6) is 0 Å². The molecule has 1 aliphatic heterocycles. The number of aliphatic hydroxyl groups is 1. The number of thiophene rings is 1. The van der Waals surface area contributed by atoms with E-state index in [0.29, 0.717) is 10.8 Å². The highest BCUT2D eigenvalue weighted by Gasteiger charge is 2.26. The molecule has 1 aliphatic rings. The molecule has 2 unspecified atom stereocenters. The fraction of sp³-hybridized carbons (Fsp3) is 0.615. The molecule has 1 fully saturated rings. The second kappa shape index (κ2) is 5.38. The van der Waals surface area contributed by atoms with Crippen LogP contribution in [0.2, 0.25) is 0 Å². The quantitative estimate of drug-likeness (QED) is 0.877. The fourth-order valence-corrected chi connectivity index (χ4v) is 3.30. The zero-order valence-electron chi connectivity index (χ0n) is 10.7. The molecule has 0 amide bonds. The third kappa shape index (κ3) is 2.91. The smallest absolute Gasteiger partial charge is 0.345 e. The first-order valence-electron chi connectivity index (χ1n) is 6.20. The van der Waals surface area contributed by atoms with Crippen molar-refractivity contribution in [3.8, 4) is 0 Å². The van der Waals surface area contributed by atoms with E-state index in [0.717, 1.165) is 36.5 Å². The zero-order valence-corrected chi connectivity index (χ0v) is 11.5. The van der Waals surface area contributed by atoms with Gasteiger partial charge in [0.15, 0.2) is 0 Å². The largest absolute Gasteiger partial charge is 0.477 e. The van der Waals surface area contributed by atoms with Gasteiger partial charge in [0.25, 0.3) is 0 Å². The molecule has 4 nitrogen and oxygen atoms in total. The summed E-state index contributed by atoms with van der Waals surface area (Å²) < 4.78 is 0. The lowest BCUT2D eigenvalue weighted by Gasteiger charge is -2.17. The summed E-state index contributed by atoms with van der Waals surface area (Å²) in [4.78, 5) is 14.7. The zero-order chi connectivity index (χ0) is 13.3. The number of carboxylic acid groups (broad SMARTS) is 1. The number of nitrogens with zero attached hydrogens (tertiary/aromatic N) is 1. The molecule has 0 radical (unpaired) electrons. The summed E-state index contributed by atoms with van der Waals surface area (Å²) in [5.74, 6) is -0.500. The van der Waals surface area contributed by atoms with Crippen molar-refractivity contribution in [3.05, 3.63) is 21.4 Å². The monoisotopic (exact) mass is 269 g/mol. The third-order valence-electron chi connectivity index (χ3n) is 3.62. The molecule has 1 saturated heterocycles. The molecular formula is C13H19NO3S. The first kappa shape index (κ1) is 13.5. The first-order chi connectivity index (χ1) is 8.47. The Kier molecular flexibility index (Phi) is 4.04. The molecule has 2 rings (SSSR count). The normalized spacial score (nSPS) is 22.3. The van der Waals surface area contributed by atoms with Crippen molar-refractivity contribution >= 4 is 17.3 Å². The van der Waals surface area contributed by atoms with Gasteiger partial charge < -0.3 is 10.2 Å². The molecule has 0 aliphatic carbocycles. The van der Waals surface area contributed by atoms with Gasteiger partial charge in [0.2, 0.25) is 0 Å². The number of aliphatic hydroxyl groups excluding tert-OH is 1. The van der Waals surface area contributed by atoms with Gasteiger partial charge >= 0.3 is 5.97 Å². The van der Waals surface area contributed by atoms with Gasteiger partial charge in [-0.15, -0.1) is 11.3 Å². The maximum absolute atomic E-state index is 10.9. The van der Waals surface area contributed by atoms with Crippen LogP contribution in [0.1, 0.15) is 33.5 Å². The Hall–Kier alpha value is -0.910. The minimum absolute atomic E-state index is 0.256. The average molecular weight is 269 g/mol. The summed E-state index contributed by atoms with van der Waals surface area (Å²) >= 11 is 1.34. The van der Waals surface area contributed by atoms with Crippen LogP contribution in [0.3, 0.4) is 0 Å². The second-order valence-corrected chi connectivity index (χ2v) is 6.28. The molecular weight excluding hydrogens is 250 g/mol. The lowest BCUT2D eigenvalue weighted by atomic mass is 10.0. The first-order valence-corrected chi connectivity index (χ1v) is 7.02. The van der Waals surface area contributed by atoms with Crippen LogP contribution in [-0.2, 0) is 6.54 Å². The fourth-order valence-electron chi connectivity index (χ4n) is 2.42. The Labute approximate surface area is 111 Å². The molecule has 2 heterocycles. The molecule has 2 N–H and O–H groups in total. The Morgan fingerprint density at radius 3 is 2.89 bits per heavy atom. The van der Waals surface area contributed by atoms with Crippen LogP contribution in [0, 0.1) is 12.8 Å². The molecule has 100 valence electrons. The van der Waals surface area contributed by atoms with Crippen molar-refractivity contribution < 1.29 is 15.0 Å². The van der Waals surface area contributed by atoms with Gasteiger partial charge in [0.1, 0.15) is 4.88 Å². The lowest BCUT2D eigenvalue weighted by Crippen LogP contribution is -2.24. The van der Waals surface area contributed by atoms with Crippen LogP contribution in [-0.4, -0.2) is 40.3 Å². The van der Waals surface area contributed by atoms with E-state index in [-0.39, 0.29) is 6.10 Å². The van der Waals surface area contributed by atoms with E-state index >= 15 is 0 Å². The molecule has 2 atom stereocenters. The number of aromatic carboxylic acids is 1. The Morgan fingerprint density at radius 2 is 2.39 bits per heavy atom. The molecule has 0 spiro atoms. The van der Waals surface area contributed by atoms with E-state index in [1.807, 2.05) is 13.8 Å². The number of carbonyl (C=O) groups is 1. The number of rotatable bonds is 4. The van der Waals surface area contributed by atoms with Gasteiger partial charge in [-0.05, 0) is 44.4 Å². The standard InChI is InChI=1S/C13H19NO3S/c1-8(15)10-3-4-14(6-10)7-11-5-12(13(16)17)18-9(11)2/h5,8,10,15H,3-4,6-7H2,1-2H3,(H,16,17). The highest BCUT2D eigenvalue weighted by Crippen LogP contribution is 2.26. The van der Waals surface area contributed by atoms with Crippen molar-refractivity contribution in [2.45, 2.75) is 32.9 Å². The summed E-state index contributed by atoms with van der Waals surface area (Å²) in [7, 11) is 0. The van der Waals surface area contributed by atoms with Crippen LogP contribution >= 0.6 is 11.3 Å². The van der Waals surface area contributed by atoms with Gasteiger partial charge in [0.05, 0.1) is 6.10 Å². The van der Waals surface area contributed by atoms with Crippen molar-refractivity contribution in [1.29, 1.82) is 0 Å². The van der Waals surface area contributed by atoms with Gasteiger partial charge in [-0.1, -0.05) is 0 Å². The van der Waals surface area contributed by atoms with Crippen molar-refractivity contribution in [2.75, 3.05) is 13.1 Å². The highest BCUT2D eigenvalue weighted by atomic mass is 32.1. The predicted octanol–water partition coefficient (Wildman–Crippen LogP) is 1.96. The van der Waals surface area contributed by atoms with Gasteiger partial charge in [-0.3, -0.25) is 4.90 Å². The topological polar surface area (TPSA) is 60.8 Å². The maximum Gasteiger partial charge on any atom is 0.345 e. The molecule has 0 aromatic carbocycles. The lowest BCUT2D eigenvalue weighted by molar-refractivity contribution is 0.0702. The molecule has 18 heavy (non-hydrogen) atoms. The second-order valence-electron chi connectivity index (χ2n) is 5.02. The minimum atomic E-state index is -0.849. The van der Waals surface area contributed by atoms with E-state index < -0.39 is 5.97 Å². The number of hydrogen-bond acceptors (Lipinski definition) is 4.